The summed E-state index contributed by atoms with van der Waals surface area (Å²) in [6.07, 6.45) is 0.0639. The molecule has 0 spiro atoms. The molecule has 0 N–H and O–H groups in total. The number of para-hydroxylation sites is 1. The predicted octanol–water partition coefficient (Wildman–Crippen LogP) is 2.64. The first kappa shape index (κ1) is 13.6. The van der Waals surface area contributed by atoms with E-state index >= 15 is 0 Å². The van der Waals surface area contributed by atoms with E-state index in [2.05, 4.69) is 0 Å². The second kappa shape index (κ2) is 6.34. The van der Waals surface area contributed by atoms with Crippen molar-refractivity contribution in [2.45, 2.75) is 20.0 Å². The van der Waals surface area contributed by atoms with Crippen LogP contribution in [0.15, 0.2) is 54.6 Å². The van der Waals surface area contributed by atoms with Crippen molar-refractivity contribution in [1.29, 1.82) is 0 Å². The van der Waals surface area contributed by atoms with E-state index in [9.17, 15) is 4.79 Å². The number of benzene rings is 2. The number of ether oxygens (including phenoxy) is 1. The van der Waals surface area contributed by atoms with Gasteiger partial charge in [0.2, 0.25) is 0 Å². The third-order valence-corrected chi connectivity index (χ3v) is 3.64. The highest BCUT2D eigenvalue weighted by Crippen LogP contribution is 2.19. The van der Waals surface area contributed by atoms with Crippen molar-refractivity contribution in [3.8, 4) is 5.75 Å². The predicted molar refractivity (Wildman–Crippen MR) is 78.4 cm³/mol. The molecule has 0 aliphatic rings. The summed E-state index contributed by atoms with van der Waals surface area (Å²) < 4.78 is 5.69. The highest BCUT2D eigenvalue weighted by atomic mass is 28.2. The minimum absolute atomic E-state index is 0.0639. The van der Waals surface area contributed by atoms with Gasteiger partial charge in [-0.2, -0.15) is 0 Å². The lowest BCUT2D eigenvalue weighted by molar-refractivity contribution is 0.107. The lowest BCUT2D eigenvalue weighted by Gasteiger charge is -2.13. The van der Waals surface area contributed by atoms with Crippen LogP contribution in [0.1, 0.15) is 24.2 Å². The number of hydrogen-bond acceptors (Lipinski definition) is 2. The summed E-state index contributed by atoms with van der Waals surface area (Å²) in [5.41, 5.74) is 0.665. The van der Waals surface area contributed by atoms with E-state index in [1.165, 1.54) is 0 Å². The Morgan fingerprint density at radius 3 is 2.32 bits per heavy atom. The Morgan fingerprint density at radius 1 is 1.00 bits per heavy atom. The number of rotatable bonds is 5. The van der Waals surface area contributed by atoms with Crippen molar-refractivity contribution in [2.75, 3.05) is 0 Å². The van der Waals surface area contributed by atoms with Crippen LogP contribution in [0, 0.1) is 0 Å². The topological polar surface area (TPSA) is 26.3 Å². The van der Waals surface area contributed by atoms with Crippen LogP contribution in [0.3, 0.4) is 0 Å². The van der Waals surface area contributed by atoms with Crippen LogP contribution in [0.4, 0.5) is 0 Å². The standard InChI is InChI=1S/C16H16O2Si/c1-12(2)18-15-11-7-6-10-14(15)16(17)19-13-8-4-3-5-9-13/h3-12H,1-2H3. The molecule has 0 atom stereocenters. The molecule has 0 heterocycles. The quantitative estimate of drug-likeness (QED) is 0.779. The molecule has 2 rings (SSSR count). The molecule has 0 aromatic heterocycles. The maximum absolute atomic E-state index is 12.3. The summed E-state index contributed by atoms with van der Waals surface area (Å²) >= 11 is 0. The van der Waals surface area contributed by atoms with Gasteiger partial charge in [0.25, 0.3) is 0 Å². The Bertz CT molecular complexity index is 550. The van der Waals surface area contributed by atoms with Gasteiger partial charge in [-0.15, -0.1) is 0 Å². The van der Waals surface area contributed by atoms with Crippen molar-refractivity contribution < 1.29 is 9.53 Å². The van der Waals surface area contributed by atoms with E-state index in [4.69, 9.17) is 4.74 Å². The van der Waals surface area contributed by atoms with E-state index in [0.717, 1.165) is 5.19 Å². The van der Waals surface area contributed by atoms with Crippen molar-refractivity contribution in [3.05, 3.63) is 60.2 Å². The van der Waals surface area contributed by atoms with Gasteiger partial charge in [0.05, 0.1) is 11.7 Å². The molecule has 96 valence electrons. The summed E-state index contributed by atoms with van der Waals surface area (Å²) in [7, 11) is 0.130. The molecule has 2 aromatic rings. The Balaban J connectivity index is 2.19. The monoisotopic (exact) mass is 268 g/mol. The fourth-order valence-corrected chi connectivity index (χ4v) is 2.69. The smallest absolute Gasteiger partial charge is 0.179 e. The maximum Gasteiger partial charge on any atom is 0.179 e. The first-order valence-electron chi connectivity index (χ1n) is 6.29. The lowest BCUT2D eigenvalue weighted by atomic mass is 10.2. The van der Waals surface area contributed by atoms with Gasteiger partial charge in [0.1, 0.15) is 11.2 Å². The van der Waals surface area contributed by atoms with E-state index in [1.807, 2.05) is 68.4 Å². The lowest BCUT2D eigenvalue weighted by Crippen LogP contribution is -2.24. The molecular weight excluding hydrogens is 252 g/mol. The second-order valence-electron chi connectivity index (χ2n) is 4.48. The molecule has 0 unspecified atom stereocenters. The maximum atomic E-state index is 12.3. The van der Waals surface area contributed by atoms with Gasteiger partial charge < -0.3 is 9.53 Å². The van der Waals surface area contributed by atoms with Crippen LogP contribution in [0.5, 0.6) is 5.75 Å². The fraction of sp³-hybridized carbons (Fsp3) is 0.188. The zero-order valence-corrected chi connectivity index (χ0v) is 12.1. The average molecular weight is 268 g/mol. The number of carbonyl (C=O) groups excluding carboxylic acids is 1. The van der Waals surface area contributed by atoms with Gasteiger partial charge in [-0.3, -0.25) is 0 Å². The third kappa shape index (κ3) is 3.79. The fourth-order valence-electron chi connectivity index (χ4n) is 1.73. The molecule has 0 aliphatic heterocycles. The zero-order chi connectivity index (χ0) is 13.7. The molecular formula is C16H16O2Si. The van der Waals surface area contributed by atoms with Crippen LogP contribution in [0.25, 0.3) is 0 Å². The van der Waals surface area contributed by atoms with E-state index in [1.54, 1.807) is 0 Å². The number of hydrogen-bond donors (Lipinski definition) is 0. The first-order chi connectivity index (χ1) is 9.16. The highest BCUT2D eigenvalue weighted by molar-refractivity contribution is 6.87. The molecule has 0 fully saturated rings. The molecule has 2 aromatic carbocycles. The third-order valence-electron chi connectivity index (χ3n) is 2.53. The summed E-state index contributed by atoms with van der Waals surface area (Å²) in [5.74, 6) is 0.672. The minimum atomic E-state index is 0.0639. The first-order valence-corrected chi connectivity index (χ1v) is 7.29. The van der Waals surface area contributed by atoms with Crippen LogP contribution in [-0.2, 0) is 0 Å². The largest absolute Gasteiger partial charge is 0.490 e. The minimum Gasteiger partial charge on any atom is -0.490 e. The summed E-state index contributed by atoms with van der Waals surface area (Å²) in [6, 6.07) is 17.2. The van der Waals surface area contributed by atoms with Gasteiger partial charge >= 0.3 is 0 Å². The van der Waals surface area contributed by atoms with E-state index in [-0.39, 0.29) is 21.0 Å². The molecule has 2 radical (unpaired) electrons. The molecule has 0 saturated carbocycles. The zero-order valence-electron chi connectivity index (χ0n) is 11.1. The summed E-state index contributed by atoms with van der Waals surface area (Å²) in [5, 5.41) is 1.16. The molecule has 2 nitrogen and oxygen atoms in total. The Morgan fingerprint density at radius 2 is 1.63 bits per heavy atom. The molecule has 0 saturated heterocycles. The Hall–Kier alpha value is -1.87. The van der Waals surface area contributed by atoms with Crippen molar-refractivity contribution in [1.82, 2.24) is 0 Å². The van der Waals surface area contributed by atoms with Crippen molar-refractivity contribution in [2.24, 2.45) is 0 Å². The highest BCUT2D eigenvalue weighted by Gasteiger charge is 2.14. The van der Waals surface area contributed by atoms with Crippen molar-refractivity contribution >= 4 is 20.1 Å². The van der Waals surface area contributed by atoms with E-state index < -0.39 is 0 Å². The summed E-state index contributed by atoms with van der Waals surface area (Å²) in [4.78, 5) is 12.3. The van der Waals surface area contributed by atoms with Crippen LogP contribution >= 0.6 is 0 Å². The van der Waals surface area contributed by atoms with Gasteiger partial charge in [-0.1, -0.05) is 47.7 Å². The van der Waals surface area contributed by atoms with Gasteiger partial charge in [-0.25, -0.2) is 0 Å². The normalized spacial score (nSPS) is 10.5. The Kier molecular flexibility index (Phi) is 4.52. The van der Waals surface area contributed by atoms with E-state index in [0.29, 0.717) is 11.3 Å². The molecule has 0 bridgehead atoms. The molecule has 3 heteroatoms. The average Bonchev–Trinajstić information content (AvgIpc) is 2.39. The van der Waals surface area contributed by atoms with Gasteiger partial charge in [0, 0.05) is 0 Å². The van der Waals surface area contributed by atoms with Crippen LogP contribution in [-0.4, -0.2) is 21.0 Å². The molecule has 0 amide bonds. The van der Waals surface area contributed by atoms with Gasteiger partial charge in [0.15, 0.2) is 9.52 Å². The van der Waals surface area contributed by atoms with Crippen LogP contribution in [0.2, 0.25) is 0 Å². The second-order valence-corrected chi connectivity index (χ2v) is 5.76. The molecule has 19 heavy (non-hydrogen) atoms. The SMILES string of the molecule is CC(C)Oc1ccccc1C(=O)[Si]c1ccccc1. The molecule has 0 aliphatic carbocycles. The van der Waals surface area contributed by atoms with Crippen molar-refractivity contribution in [3.63, 3.8) is 0 Å². The van der Waals surface area contributed by atoms with Gasteiger partial charge in [-0.05, 0) is 26.0 Å². The number of carbonyl (C=O) groups is 1. The van der Waals surface area contributed by atoms with Crippen LogP contribution < -0.4 is 9.92 Å². The summed E-state index contributed by atoms with van der Waals surface area (Å²) in [6.45, 7) is 3.92. The Labute approximate surface area is 116 Å².